The van der Waals surface area contributed by atoms with Crippen molar-refractivity contribution >= 4 is 10.8 Å². The summed E-state index contributed by atoms with van der Waals surface area (Å²) >= 11 is 0. The topological polar surface area (TPSA) is 20.2 Å². The van der Waals surface area contributed by atoms with Gasteiger partial charge in [-0.1, -0.05) is 48.5 Å². The Labute approximate surface area is 123 Å². The molecule has 0 saturated carbocycles. The van der Waals surface area contributed by atoms with E-state index in [1.54, 1.807) is 6.07 Å². The molecular weight excluding hydrogens is 263 g/mol. The van der Waals surface area contributed by atoms with Crippen LogP contribution in [0.25, 0.3) is 10.8 Å². The van der Waals surface area contributed by atoms with Gasteiger partial charge in [-0.25, -0.2) is 4.39 Å². The Morgan fingerprint density at radius 2 is 1.52 bits per heavy atom. The molecule has 106 valence electrons. The molecule has 3 rings (SSSR count). The zero-order valence-electron chi connectivity index (χ0n) is 12.1. The summed E-state index contributed by atoms with van der Waals surface area (Å²) in [5.41, 5.74) is 3.04. The molecule has 1 nitrogen and oxygen atoms in total. The Morgan fingerprint density at radius 3 is 2.24 bits per heavy atom. The van der Waals surface area contributed by atoms with E-state index < -0.39 is 6.10 Å². The Bertz CT molecular complexity index is 808. The summed E-state index contributed by atoms with van der Waals surface area (Å²) in [6, 6.07) is 16.7. The molecule has 21 heavy (non-hydrogen) atoms. The summed E-state index contributed by atoms with van der Waals surface area (Å²) in [5, 5.41) is 12.7. The van der Waals surface area contributed by atoms with Crippen molar-refractivity contribution < 1.29 is 9.50 Å². The van der Waals surface area contributed by atoms with Crippen molar-refractivity contribution in [2.24, 2.45) is 0 Å². The predicted molar refractivity (Wildman–Crippen MR) is 83.9 cm³/mol. The van der Waals surface area contributed by atoms with Gasteiger partial charge in [-0.2, -0.15) is 0 Å². The molecule has 1 N–H and O–H groups in total. The molecule has 0 aliphatic carbocycles. The molecule has 3 aromatic rings. The van der Waals surface area contributed by atoms with Crippen molar-refractivity contribution in [2.45, 2.75) is 20.0 Å². The average molecular weight is 280 g/mol. The number of aryl methyl sites for hydroxylation is 2. The molecule has 0 spiro atoms. The minimum atomic E-state index is -0.962. The maximum absolute atomic E-state index is 14.1. The zero-order valence-corrected chi connectivity index (χ0v) is 12.1. The zero-order chi connectivity index (χ0) is 15.0. The lowest BCUT2D eigenvalue weighted by molar-refractivity contribution is 0.216. The second-order valence-corrected chi connectivity index (χ2v) is 5.44. The number of aliphatic hydroxyl groups excluding tert-OH is 1. The highest BCUT2D eigenvalue weighted by Crippen LogP contribution is 2.31. The SMILES string of the molecule is Cc1ccc(C(O)c2ccc(C)c3ccccc23)c(F)c1. The van der Waals surface area contributed by atoms with Crippen LogP contribution in [0.2, 0.25) is 0 Å². The number of halogens is 1. The van der Waals surface area contributed by atoms with Crippen molar-refractivity contribution in [1.82, 2.24) is 0 Å². The molecule has 0 saturated heterocycles. The summed E-state index contributed by atoms with van der Waals surface area (Å²) < 4.78 is 14.1. The highest BCUT2D eigenvalue weighted by molar-refractivity contribution is 5.89. The smallest absolute Gasteiger partial charge is 0.129 e. The van der Waals surface area contributed by atoms with Crippen LogP contribution in [0.1, 0.15) is 28.4 Å². The van der Waals surface area contributed by atoms with E-state index in [0.717, 1.165) is 27.5 Å². The average Bonchev–Trinajstić information content (AvgIpc) is 2.47. The number of rotatable bonds is 2. The van der Waals surface area contributed by atoms with Gasteiger partial charge in [0, 0.05) is 5.56 Å². The van der Waals surface area contributed by atoms with Gasteiger partial charge in [-0.15, -0.1) is 0 Å². The molecule has 1 unspecified atom stereocenters. The maximum atomic E-state index is 14.1. The molecule has 0 aliphatic rings. The van der Waals surface area contributed by atoms with Gasteiger partial charge in [-0.3, -0.25) is 0 Å². The van der Waals surface area contributed by atoms with E-state index in [1.165, 1.54) is 6.07 Å². The minimum Gasteiger partial charge on any atom is -0.384 e. The third-order valence-electron chi connectivity index (χ3n) is 3.92. The van der Waals surface area contributed by atoms with Gasteiger partial charge in [0.1, 0.15) is 11.9 Å². The first-order valence-electron chi connectivity index (χ1n) is 7.00. The van der Waals surface area contributed by atoms with Crippen LogP contribution < -0.4 is 0 Å². The second kappa shape index (κ2) is 5.30. The van der Waals surface area contributed by atoms with E-state index in [0.29, 0.717) is 5.56 Å². The molecule has 0 aromatic heterocycles. The Balaban J connectivity index is 2.18. The molecule has 1 atom stereocenters. The van der Waals surface area contributed by atoms with Crippen LogP contribution >= 0.6 is 0 Å². The van der Waals surface area contributed by atoms with Gasteiger partial charge < -0.3 is 5.11 Å². The number of aliphatic hydroxyl groups is 1. The van der Waals surface area contributed by atoms with Crippen molar-refractivity contribution in [1.29, 1.82) is 0 Å². The van der Waals surface area contributed by atoms with Crippen LogP contribution in [-0.2, 0) is 0 Å². The number of hydrogen-bond acceptors (Lipinski definition) is 1. The monoisotopic (exact) mass is 280 g/mol. The normalized spacial score (nSPS) is 12.6. The van der Waals surface area contributed by atoms with E-state index in [-0.39, 0.29) is 5.82 Å². The fraction of sp³-hybridized carbons (Fsp3) is 0.158. The van der Waals surface area contributed by atoms with Crippen LogP contribution in [0.5, 0.6) is 0 Å². The van der Waals surface area contributed by atoms with Gasteiger partial charge in [0.2, 0.25) is 0 Å². The van der Waals surface area contributed by atoms with Crippen LogP contribution in [0.3, 0.4) is 0 Å². The van der Waals surface area contributed by atoms with E-state index in [2.05, 4.69) is 0 Å². The summed E-state index contributed by atoms with van der Waals surface area (Å²) in [7, 11) is 0. The summed E-state index contributed by atoms with van der Waals surface area (Å²) in [5.74, 6) is -0.368. The summed E-state index contributed by atoms with van der Waals surface area (Å²) in [6.45, 7) is 3.87. The van der Waals surface area contributed by atoms with Crippen molar-refractivity contribution in [3.05, 3.63) is 82.7 Å². The predicted octanol–water partition coefficient (Wildman–Crippen LogP) is 4.68. The highest BCUT2D eigenvalue weighted by atomic mass is 19.1. The first kappa shape index (κ1) is 13.8. The number of benzene rings is 3. The number of hydrogen-bond donors (Lipinski definition) is 1. The van der Waals surface area contributed by atoms with Crippen molar-refractivity contribution in [3.63, 3.8) is 0 Å². The maximum Gasteiger partial charge on any atom is 0.129 e. The van der Waals surface area contributed by atoms with E-state index in [9.17, 15) is 9.50 Å². The van der Waals surface area contributed by atoms with Gasteiger partial charge in [0.05, 0.1) is 0 Å². The van der Waals surface area contributed by atoms with Crippen LogP contribution in [-0.4, -0.2) is 5.11 Å². The standard InChI is InChI=1S/C19H17FO/c1-12-7-9-17(18(20)11-12)19(21)16-10-8-13(2)14-5-3-4-6-15(14)16/h3-11,19,21H,1-2H3. The van der Waals surface area contributed by atoms with Gasteiger partial charge >= 0.3 is 0 Å². The van der Waals surface area contributed by atoms with E-state index >= 15 is 0 Å². The Kier molecular flexibility index (Phi) is 3.48. The molecule has 0 heterocycles. The fourth-order valence-electron chi connectivity index (χ4n) is 2.73. The van der Waals surface area contributed by atoms with Crippen LogP contribution in [0.4, 0.5) is 4.39 Å². The van der Waals surface area contributed by atoms with E-state index in [4.69, 9.17) is 0 Å². The van der Waals surface area contributed by atoms with Crippen molar-refractivity contribution in [3.8, 4) is 0 Å². The fourth-order valence-corrected chi connectivity index (χ4v) is 2.73. The first-order valence-corrected chi connectivity index (χ1v) is 7.00. The molecule has 0 fully saturated rings. The van der Waals surface area contributed by atoms with Crippen LogP contribution in [0, 0.1) is 19.7 Å². The minimum absolute atomic E-state index is 0.314. The largest absolute Gasteiger partial charge is 0.384 e. The van der Waals surface area contributed by atoms with Gasteiger partial charge in [-0.05, 0) is 47.4 Å². The lowest BCUT2D eigenvalue weighted by Gasteiger charge is -2.16. The van der Waals surface area contributed by atoms with Gasteiger partial charge in [0.15, 0.2) is 0 Å². The third kappa shape index (κ3) is 2.43. The Hall–Kier alpha value is -2.19. The van der Waals surface area contributed by atoms with Crippen molar-refractivity contribution in [2.75, 3.05) is 0 Å². The molecule has 0 amide bonds. The molecule has 0 bridgehead atoms. The summed E-state index contributed by atoms with van der Waals surface area (Å²) in [4.78, 5) is 0. The van der Waals surface area contributed by atoms with Gasteiger partial charge in [0.25, 0.3) is 0 Å². The quantitative estimate of drug-likeness (QED) is 0.722. The van der Waals surface area contributed by atoms with Crippen LogP contribution in [0.15, 0.2) is 54.6 Å². The highest BCUT2D eigenvalue weighted by Gasteiger charge is 2.17. The molecule has 0 radical (unpaired) electrons. The lowest BCUT2D eigenvalue weighted by Crippen LogP contribution is -2.04. The lowest BCUT2D eigenvalue weighted by atomic mass is 9.93. The second-order valence-electron chi connectivity index (χ2n) is 5.44. The molecule has 3 aromatic carbocycles. The first-order chi connectivity index (χ1) is 10.1. The molecule has 0 aliphatic heterocycles. The molecular formula is C19H17FO. The number of fused-ring (bicyclic) bond motifs is 1. The van der Waals surface area contributed by atoms with E-state index in [1.807, 2.05) is 56.3 Å². The Morgan fingerprint density at radius 1 is 0.857 bits per heavy atom. The molecule has 2 heteroatoms. The third-order valence-corrected chi connectivity index (χ3v) is 3.92. The summed E-state index contributed by atoms with van der Waals surface area (Å²) in [6.07, 6.45) is -0.962.